The van der Waals surface area contributed by atoms with E-state index in [2.05, 4.69) is 5.92 Å². The summed E-state index contributed by atoms with van der Waals surface area (Å²) in [4.78, 5) is 11.2. The lowest BCUT2D eigenvalue weighted by Crippen LogP contribution is -2.27. The predicted octanol–water partition coefficient (Wildman–Crippen LogP) is 1.54. The molecule has 0 radical (unpaired) electrons. The third kappa shape index (κ3) is 2.67. The van der Waals surface area contributed by atoms with Crippen LogP contribution in [-0.4, -0.2) is 18.5 Å². The Balaban J connectivity index is 2.21. The van der Waals surface area contributed by atoms with Crippen LogP contribution in [0.4, 0.5) is 0 Å². The highest BCUT2D eigenvalue weighted by atomic mass is 16.5. The van der Waals surface area contributed by atoms with Crippen LogP contribution in [0.5, 0.6) is 0 Å². The zero-order chi connectivity index (χ0) is 8.81. The quantitative estimate of drug-likeness (QED) is 0.469. The lowest BCUT2D eigenvalue weighted by Gasteiger charge is -2.20. The van der Waals surface area contributed by atoms with Crippen LogP contribution in [0.3, 0.4) is 0 Å². The Bertz CT molecular complexity index is 191. The number of rotatable bonds is 3. The molecule has 0 amide bonds. The largest absolute Gasteiger partial charge is 0.369 e. The molecule has 0 aromatic heterocycles. The Morgan fingerprint density at radius 3 is 3.08 bits per heavy atom. The number of hydrogen-bond acceptors (Lipinski definition) is 2. The van der Waals surface area contributed by atoms with Gasteiger partial charge in [-0.25, -0.2) is 0 Å². The van der Waals surface area contributed by atoms with E-state index < -0.39 is 0 Å². The first-order chi connectivity index (χ1) is 5.84. The summed E-state index contributed by atoms with van der Waals surface area (Å²) in [7, 11) is 0. The molecule has 0 aromatic rings. The van der Waals surface area contributed by atoms with Crippen molar-refractivity contribution in [3.05, 3.63) is 0 Å². The molecule has 1 unspecified atom stereocenters. The average Bonchev–Trinajstić information content (AvgIpc) is 2.09. The van der Waals surface area contributed by atoms with Crippen molar-refractivity contribution in [2.45, 2.75) is 38.2 Å². The minimum absolute atomic E-state index is 0.160. The van der Waals surface area contributed by atoms with Gasteiger partial charge in [-0.05, 0) is 19.3 Å². The molecule has 1 atom stereocenters. The van der Waals surface area contributed by atoms with Gasteiger partial charge in [-0.2, -0.15) is 0 Å². The molecule has 1 aliphatic carbocycles. The molecule has 0 aliphatic heterocycles. The van der Waals surface area contributed by atoms with Crippen LogP contribution in [0, 0.1) is 12.3 Å². The van der Waals surface area contributed by atoms with E-state index >= 15 is 0 Å². The van der Waals surface area contributed by atoms with Gasteiger partial charge in [0, 0.05) is 12.8 Å². The minimum atomic E-state index is -0.160. The van der Waals surface area contributed by atoms with Crippen molar-refractivity contribution in [3.8, 4) is 12.3 Å². The van der Waals surface area contributed by atoms with Crippen LogP contribution < -0.4 is 0 Å². The van der Waals surface area contributed by atoms with Gasteiger partial charge in [0.15, 0.2) is 5.78 Å². The molecular weight excluding hydrogens is 152 g/mol. The number of carbonyl (C=O) groups excluding carboxylic acids is 1. The van der Waals surface area contributed by atoms with Crippen LogP contribution in [0.15, 0.2) is 0 Å². The highest BCUT2D eigenvalue weighted by molar-refractivity contribution is 5.83. The number of terminal acetylenes is 1. The Labute approximate surface area is 73.3 Å². The standard InChI is InChI=1S/C10H14O2/c1-2-3-8-12-10-7-5-4-6-9(10)11/h1,10H,3-8H2. The molecule has 12 heavy (non-hydrogen) atoms. The Hall–Kier alpha value is -0.810. The Morgan fingerprint density at radius 1 is 1.58 bits per heavy atom. The average molecular weight is 166 g/mol. The second-order valence-electron chi connectivity index (χ2n) is 3.03. The molecule has 2 nitrogen and oxygen atoms in total. The maximum atomic E-state index is 11.2. The molecule has 0 saturated heterocycles. The molecule has 1 fully saturated rings. The third-order valence-electron chi connectivity index (χ3n) is 2.06. The summed E-state index contributed by atoms with van der Waals surface area (Å²) in [6.45, 7) is 0.521. The van der Waals surface area contributed by atoms with Gasteiger partial charge in [0.25, 0.3) is 0 Å². The highest BCUT2D eigenvalue weighted by Crippen LogP contribution is 2.17. The molecule has 1 rings (SSSR count). The van der Waals surface area contributed by atoms with Crippen LogP contribution in [0.1, 0.15) is 32.1 Å². The SMILES string of the molecule is C#CCCOC1CCCCC1=O. The Kier molecular flexibility index (Phi) is 3.83. The summed E-state index contributed by atoms with van der Waals surface area (Å²) in [5.41, 5.74) is 0. The molecule has 0 N–H and O–H groups in total. The van der Waals surface area contributed by atoms with Crippen LogP contribution in [-0.2, 0) is 9.53 Å². The first-order valence-electron chi connectivity index (χ1n) is 4.42. The molecular formula is C10H14O2. The number of carbonyl (C=O) groups is 1. The maximum absolute atomic E-state index is 11.2. The molecule has 0 aromatic carbocycles. The van der Waals surface area contributed by atoms with E-state index in [0.717, 1.165) is 19.3 Å². The number of Topliss-reactive ketones (excluding diaryl/α,β-unsaturated/α-hetero) is 1. The van der Waals surface area contributed by atoms with E-state index in [-0.39, 0.29) is 11.9 Å². The third-order valence-corrected chi connectivity index (χ3v) is 2.06. The van der Waals surface area contributed by atoms with Gasteiger partial charge in [-0.15, -0.1) is 12.3 Å². The molecule has 0 bridgehead atoms. The van der Waals surface area contributed by atoms with Gasteiger partial charge in [0.1, 0.15) is 6.10 Å². The van der Waals surface area contributed by atoms with E-state index in [0.29, 0.717) is 19.4 Å². The molecule has 2 heteroatoms. The van der Waals surface area contributed by atoms with Gasteiger partial charge in [0.05, 0.1) is 6.61 Å². The fourth-order valence-electron chi connectivity index (χ4n) is 1.39. The Morgan fingerprint density at radius 2 is 2.42 bits per heavy atom. The summed E-state index contributed by atoms with van der Waals surface area (Å²) in [5, 5.41) is 0. The first-order valence-corrected chi connectivity index (χ1v) is 4.42. The van der Waals surface area contributed by atoms with E-state index in [4.69, 9.17) is 11.2 Å². The normalized spacial score (nSPS) is 23.6. The molecule has 1 saturated carbocycles. The summed E-state index contributed by atoms with van der Waals surface area (Å²) < 4.78 is 5.34. The topological polar surface area (TPSA) is 26.3 Å². The first kappa shape index (κ1) is 9.28. The van der Waals surface area contributed by atoms with Gasteiger partial charge in [-0.1, -0.05) is 0 Å². The van der Waals surface area contributed by atoms with Crippen molar-refractivity contribution < 1.29 is 9.53 Å². The maximum Gasteiger partial charge on any atom is 0.161 e. The smallest absolute Gasteiger partial charge is 0.161 e. The van der Waals surface area contributed by atoms with Crippen molar-refractivity contribution in [2.24, 2.45) is 0 Å². The number of ether oxygens (including phenoxy) is 1. The summed E-state index contributed by atoms with van der Waals surface area (Å²) in [5.74, 6) is 2.73. The van der Waals surface area contributed by atoms with Crippen molar-refractivity contribution >= 4 is 5.78 Å². The molecule has 0 spiro atoms. The number of hydrogen-bond donors (Lipinski definition) is 0. The van der Waals surface area contributed by atoms with Crippen molar-refractivity contribution in [1.29, 1.82) is 0 Å². The number of ketones is 1. The van der Waals surface area contributed by atoms with E-state index in [1.165, 1.54) is 0 Å². The second kappa shape index (κ2) is 4.95. The van der Waals surface area contributed by atoms with Crippen LogP contribution in [0.25, 0.3) is 0 Å². The van der Waals surface area contributed by atoms with Crippen molar-refractivity contribution in [1.82, 2.24) is 0 Å². The zero-order valence-corrected chi connectivity index (χ0v) is 7.21. The zero-order valence-electron chi connectivity index (χ0n) is 7.21. The van der Waals surface area contributed by atoms with Crippen LogP contribution in [0.2, 0.25) is 0 Å². The fraction of sp³-hybridized carbons (Fsp3) is 0.700. The molecule has 1 aliphatic rings. The molecule has 66 valence electrons. The minimum Gasteiger partial charge on any atom is -0.369 e. The highest BCUT2D eigenvalue weighted by Gasteiger charge is 2.21. The van der Waals surface area contributed by atoms with Gasteiger partial charge in [0.2, 0.25) is 0 Å². The summed E-state index contributed by atoms with van der Waals surface area (Å²) in [6, 6.07) is 0. The van der Waals surface area contributed by atoms with E-state index in [9.17, 15) is 4.79 Å². The van der Waals surface area contributed by atoms with Gasteiger partial charge < -0.3 is 4.74 Å². The van der Waals surface area contributed by atoms with Crippen molar-refractivity contribution in [2.75, 3.05) is 6.61 Å². The molecule has 0 heterocycles. The second-order valence-corrected chi connectivity index (χ2v) is 3.03. The van der Waals surface area contributed by atoms with Crippen molar-refractivity contribution in [3.63, 3.8) is 0 Å². The lowest BCUT2D eigenvalue weighted by molar-refractivity contribution is -0.133. The van der Waals surface area contributed by atoms with Crippen LogP contribution >= 0.6 is 0 Å². The fourth-order valence-corrected chi connectivity index (χ4v) is 1.39. The van der Waals surface area contributed by atoms with E-state index in [1.807, 2.05) is 0 Å². The van der Waals surface area contributed by atoms with Gasteiger partial charge >= 0.3 is 0 Å². The summed E-state index contributed by atoms with van der Waals surface area (Å²) in [6.07, 6.45) is 9.19. The van der Waals surface area contributed by atoms with Gasteiger partial charge in [-0.3, -0.25) is 4.79 Å². The summed E-state index contributed by atoms with van der Waals surface area (Å²) >= 11 is 0. The predicted molar refractivity (Wildman–Crippen MR) is 46.7 cm³/mol. The monoisotopic (exact) mass is 166 g/mol. The van der Waals surface area contributed by atoms with E-state index in [1.54, 1.807) is 0 Å². The lowest BCUT2D eigenvalue weighted by atomic mass is 9.96.